The number of ether oxygens (including phenoxy) is 1. The van der Waals surface area contributed by atoms with Crippen LogP contribution in [0.3, 0.4) is 0 Å². The molecule has 0 aliphatic heterocycles. The van der Waals surface area contributed by atoms with Crippen molar-refractivity contribution in [1.82, 2.24) is 16.0 Å². The van der Waals surface area contributed by atoms with Crippen LogP contribution in [0.5, 0.6) is 0 Å². The molecular formula is C31H52N4O3. The number of hydrogen-bond acceptors (Lipinski definition) is 6. The number of aliphatic hydroxyl groups excluding tert-OH is 1. The van der Waals surface area contributed by atoms with E-state index in [1.807, 2.05) is 19.9 Å². The minimum absolute atomic E-state index is 0.209. The van der Waals surface area contributed by atoms with E-state index in [4.69, 9.17) is 10.1 Å². The van der Waals surface area contributed by atoms with Crippen LogP contribution in [-0.2, 0) is 9.53 Å². The zero-order chi connectivity index (χ0) is 27.3. The summed E-state index contributed by atoms with van der Waals surface area (Å²) in [4.78, 5) is 13.4. The second-order valence-corrected chi connectivity index (χ2v) is 13.6. The Bertz CT molecular complexity index is 846. The first-order chi connectivity index (χ1) is 18.1. The summed E-state index contributed by atoms with van der Waals surface area (Å²) in [6.07, 6.45) is 17.6. The molecule has 0 radical (unpaired) electrons. The van der Waals surface area contributed by atoms with Crippen molar-refractivity contribution >= 4 is 12.1 Å². The van der Waals surface area contributed by atoms with Gasteiger partial charge in [-0.2, -0.15) is 0 Å². The van der Waals surface area contributed by atoms with Gasteiger partial charge < -0.3 is 25.9 Å². The topological polar surface area (TPSA) is 106 Å². The van der Waals surface area contributed by atoms with E-state index >= 15 is 0 Å². The van der Waals surface area contributed by atoms with E-state index < -0.39 is 11.8 Å². The van der Waals surface area contributed by atoms with Crippen molar-refractivity contribution in [1.29, 1.82) is 5.41 Å². The minimum atomic E-state index is -0.564. The van der Waals surface area contributed by atoms with E-state index in [0.717, 1.165) is 36.8 Å². The first kappa shape index (κ1) is 29.1. The normalized spacial score (nSPS) is 30.5. The van der Waals surface area contributed by atoms with E-state index in [1.54, 1.807) is 6.20 Å². The van der Waals surface area contributed by atoms with Crippen LogP contribution in [0.4, 0.5) is 0 Å². The van der Waals surface area contributed by atoms with Crippen LogP contribution in [0.25, 0.3) is 0 Å². The third kappa shape index (κ3) is 7.84. The largest absolute Gasteiger partial charge is 0.478 e. The summed E-state index contributed by atoms with van der Waals surface area (Å²) >= 11 is 0. The first-order valence-corrected chi connectivity index (χ1v) is 15.2. The average molecular weight is 529 g/mol. The Hall–Kier alpha value is -1.86. The molecule has 5 saturated carbocycles. The summed E-state index contributed by atoms with van der Waals surface area (Å²) in [7, 11) is 0. The number of rotatable bonds is 14. The third-order valence-electron chi connectivity index (χ3n) is 9.30. The van der Waals surface area contributed by atoms with Gasteiger partial charge in [-0.15, -0.1) is 0 Å². The predicted octanol–water partition coefficient (Wildman–Crippen LogP) is 5.22. The van der Waals surface area contributed by atoms with Gasteiger partial charge in [0.05, 0.1) is 6.61 Å². The van der Waals surface area contributed by atoms with Crippen molar-refractivity contribution in [2.45, 2.75) is 116 Å². The van der Waals surface area contributed by atoms with Crippen molar-refractivity contribution in [3.8, 4) is 0 Å². The summed E-state index contributed by atoms with van der Waals surface area (Å²) in [6, 6.07) is 0.209. The molecule has 0 spiro atoms. The van der Waals surface area contributed by atoms with Gasteiger partial charge in [-0.3, -0.25) is 10.1 Å². The standard InChI is InChI=1S/C31H52N4O3/c1-20(2)19-38-30(33-12-11-31(3,4)35-27(36)10-9-21-7-5-6-8-21)26(18-32)29(37)34-28-24-14-22-13-23(16-24)17-25(28)15-22/h11-12,18,20-25,27-28,32-33,35-36H,5-10,13-17,19H2,1-4H3,(H,34,37)/b12-11+,30-26-,32-18?. The van der Waals surface area contributed by atoms with Gasteiger partial charge in [-0.05, 0) is 100 Å². The number of amides is 1. The molecule has 1 unspecified atom stereocenters. The maximum atomic E-state index is 13.4. The molecule has 5 fully saturated rings. The summed E-state index contributed by atoms with van der Waals surface area (Å²) in [5.41, 5.74) is -0.231. The van der Waals surface area contributed by atoms with Crippen LogP contribution in [0.2, 0.25) is 0 Å². The monoisotopic (exact) mass is 528 g/mol. The molecule has 5 N–H and O–H groups in total. The van der Waals surface area contributed by atoms with Gasteiger partial charge in [0.1, 0.15) is 11.8 Å². The number of carbonyl (C=O) groups excluding carboxylic acids is 1. The second kappa shape index (κ2) is 13.0. The second-order valence-electron chi connectivity index (χ2n) is 13.6. The molecule has 5 aliphatic rings. The lowest BCUT2D eigenvalue weighted by molar-refractivity contribution is -0.121. The Balaban J connectivity index is 1.37. The van der Waals surface area contributed by atoms with Crippen molar-refractivity contribution in [3.63, 3.8) is 0 Å². The number of nitrogens with one attached hydrogen (secondary N) is 4. The molecule has 4 bridgehead atoms. The van der Waals surface area contributed by atoms with Crippen molar-refractivity contribution in [2.24, 2.45) is 35.5 Å². The van der Waals surface area contributed by atoms with Gasteiger partial charge in [0.2, 0.25) is 5.88 Å². The molecule has 5 rings (SSSR count). The van der Waals surface area contributed by atoms with E-state index in [9.17, 15) is 9.90 Å². The molecule has 38 heavy (non-hydrogen) atoms. The fourth-order valence-corrected chi connectivity index (χ4v) is 7.64. The maximum Gasteiger partial charge on any atom is 0.258 e. The van der Waals surface area contributed by atoms with Crippen molar-refractivity contribution < 1.29 is 14.6 Å². The highest BCUT2D eigenvalue weighted by atomic mass is 16.5. The van der Waals surface area contributed by atoms with Crippen molar-refractivity contribution in [3.05, 3.63) is 23.7 Å². The van der Waals surface area contributed by atoms with E-state index in [-0.39, 0.29) is 23.4 Å². The molecule has 0 heterocycles. The summed E-state index contributed by atoms with van der Waals surface area (Å²) in [5.74, 6) is 3.95. The zero-order valence-electron chi connectivity index (χ0n) is 24.1. The van der Waals surface area contributed by atoms with Crippen LogP contribution >= 0.6 is 0 Å². The van der Waals surface area contributed by atoms with Crippen LogP contribution < -0.4 is 16.0 Å². The van der Waals surface area contributed by atoms with E-state index in [0.29, 0.717) is 24.3 Å². The highest BCUT2D eigenvalue weighted by Gasteiger charge is 2.48. The van der Waals surface area contributed by atoms with Gasteiger partial charge in [0, 0.05) is 24.0 Å². The number of aliphatic hydroxyl groups is 1. The number of hydrogen-bond donors (Lipinski definition) is 5. The third-order valence-corrected chi connectivity index (χ3v) is 9.30. The maximum absolute atomic E-state index is 13.4. The Morgan fingerprint density at radius 2 is 1.71 bits per heavy atom. The van der Waals surface area contributed by atoms with E-state index in [1.165, 1.54) is 57.8 Å². The van der Waals surface area contributed by atoms with Crippen LogP contribution in [-0.4, -0.2) is 41.6 Å². The zero-order valence-corrected chi connectivity index (χ0v) is 24.1. The highest BCUT2D eigenvalue weighted by Crippen LogP contribution is 2.53. The van der Waals surface area contributed by atoms with Gasteiger partial charge in [-0.1, -0.05) is 39.5 Å². The molecule has 0 aromatic rings. The van der Waals surface area contributed by atoms with Crippen LogP contribution in [0.1, 0.15) is 98.3 Å². The predicted molar refractivity (Wildman–Crippen MR) is 152 cm³/mol. The summed E-state index contributed by atoms with van der Waals surface area (Å²) in [5, 5.41) is 28.4. The van der Waals surface area contributed by atoms with Crippen LogP contribution in [0.15, 0.2) is 23.7 Å². The average Bonchev–Trinajstić information content (AvgIpc) is 3.36. The van der Waals surface area contributed by atoms with Gasteiger partial charge in [0.25, 0.3) is 5.91 Å². The van der Waals surface area contributed by atoms with Gasteiger partial charge in [-0.25, -0.2) is 0 Å². The Morgan fingerprint density at radius 1 is 1.08 bits per heavy atom. The minimum Gasteiger partial charge on any atom is -0.478 e. The Kier molecular flexibility index (Phi) is 9.96. The SMILES string of the molecule is CC(C)CO/C(N/C=C/C(C)(C)NC(O)CCC1CCCC1)=C(/C=N)C(=O)NC1C2CC3CC(C2)CC1C3. The molecule has 7 heteroatoms. The van der Waals surface area contributed by atoms with E-state index in [2.05, 4.69) is 29.8 Å². The smallest absolute Gasteiger partial charge is 0.258 e. The lowest BCUT2D eigenvalue weighted by atomic mass is 9.54. The summed E-state index contributed by atoms with van der Waals surface area (Å²) < 4.78 is 6.01. The molecule has 1 atom stereocenters. The molecule has 7 nitrogen and oxygen atoms in total. The Morgan fingerprint density at radius 3 is 2.29 bits per heavy atom. The molecule has 0 aromatic heterocycles. The highest BCUT2D eigenvalue weighted by molar-refractivity contribution is 6.11. The van der Waals surface area contributed by atoms with Gasteiger partial charge in [0.15, 0.2) is 0 Å². The van der Waals surface area contributed by atoms with Crippen molar-refractivity contribution in [2.75, 3.05) is 6.61 Å². The first-order valence-electron chi connectivity index (χ1n) is 15.2. The lowest BCUT2D eigenvalue weighted by Gasteiger charge is -2.54. The quantitative estimate of drug-likeness (QED) is 0.0920. The molecule has 214 valence electrons. The lowest BCUT2D eigenvalue weighted by Crippen LogP contribution is -2.56. The fraction of sp³-hybridized carbons (Fsp3) is 0.806. The number of carbonyl (C=O) groups is 1. The molecule has 5 aliphatic carbocycles. The fourth-order valence-electron chi connectivity index (χ4n) is 7.64. The summed E-state index contributed by atoms with van der Waals surface area (Å²) in [6.45, 7) is 8.59. The van der Waals surface area contributed by atoms with Crippen LogP contribution in [0, 0.1) is 40.9 Å². The molecular weight excluding hydrogens is 476 g/mol. The molecule has 0 saturated heterocycles. The Labute approximate surface area is 230 Å². The molecule has 0 aromatic carbocycles. The van der Waals surface area contributed by atoms with Gasteiger partial charge >= 0.3 is 0 Å². The molecule has 1 amide bonds.